The Labute approximate surface area is 240 Å². The van der Waals surface area contributed by atoms with Crippen LogP contribution in [0.1, 0.15) is 38.8 Å². The van der Waals surface area contributed by atoms with E-state index in [-0.39, 0.29) is 23.0 Å². The van der Waals surface area contributed by atoms with Gasteiger partial charge in [0.25, 0.3) is 10.0 Å². The van der Waals surface area contributed by atoms with Crippen LogP contribution in [0.5, 0.6) is 0 Å². The summed E-state index contributed by atoms with van der Waals surface area (Å²) in [6.45, 7) is 8.68. The second kappa shape index (κ2) is 12.4. The summed E-state index contributed by atoms with van der Waals surface area (Å²) in [4.78, 5) is 28.4. The first kappa shape index (κ1) is 30.5. The van der Waals surface area contributed by atoms with E-state index in [1.54, 1.807) is 25.1 Å². The van der Waals surface area contributed by atoms with Gasteiger partial charge in [0.1, 0.15) is 12.6 Å². The number of rotatable bonds is 9. The highest BCUT2D eigenvalue weighted by Gasteiger charge is 2.33. The van der Waals surface area contributed by atoms with Crippen LogP contribution in [0, 0.1) is 6.92 Å². The summed E-state index contributed by atoms with van der Waals surface area (Å²) < 4.78 is 28.6. The first-order valence-corrected chi connectivity index (χ1v) is 14.6. The number of benzene rings is 3. The summed E-state index contributed by atoms with van der Waals surface area (Å²) >= 11 is 12.2. The number of anilines is 1. The van der Waals surface area contributed by atoms with Crippen LogP contribution in [-0.2, 0) is 26.2 Å². The molecular formula is C29H33Cl2N3O4S. The molecule has 3 aromatic carbocycles. The number of nitrogens with zero attached hydrogens (tertiary/aromatic N) is 2. The third-order valence-corrected chi connectivity index (χ3v) is 8.15. The van der Waals surface area contributed by atoms with Crippen LogP contribution in [-0.4, -0.2) is 43.3 Å². The second-order valence-electron chi connectivity index (χ2n) is 10.4. The highest BCUT2D eigenvalue weighted by Crippen LogP contribution is 2.27. The van der Waals surface area contributed by atoms with Gasteiger partial charge in [-0.15, -0.1) is 0 Å². The number of carbonyl (C=O) groups excluding carboxylic acids is 2. The van der Waals surface area contributed by atoms with Crippen LogP contribution in [0.15, 0.2) is 77.7 Å². The van der Waals surface area contributed by atoms with Crippen molar-refractivity contribution in [1.29, 1.82) is 0 Å². The van der Waals surface area contributed by atoms with Crippen molar-refractivity contribution in [2.24, 2.45) is 0 Å². The molecule has 0 aromatic heterocycles. The normalized spacial score (nSPS) is 12.5. The molecular weight excluding hydrogens is 557 g/mol. The van der Waals surface area contributed by atoms with E-state index in [1.165, 1.54) is 35.2 Å². The predicted octanol–water partition coefficient (Wildman–Crippen LogP) is 5.83. The molecule has 0 unspecified atom stereocenters. The molecule has 0 aliphatic heterocycles. The van der Waals surface area contributed by atoms with Crippen molar-refractivity contribution in [3.8, 4) is 0 Å². The number of aryl methyl sites for hydroxylation is 1. The second-order valence-corrected chi connectivity index (χ2v) is 13.1. The molecule has 39 heavy (non-hydrogen) atoms. The van der Waals surface area contributed by atoms with Crippen LogP contribution in [0.25, 0.3) is 0 Å². The topological polar surface area (TPSA) is 86.8 Å². The standard InChI is InChI=1S/C29H33Cl2N3O4S/c1-20-8-6-9-22(16-20)18-33(21(2)28(36)32-29(3,4)5)27(35)19-34(25-11-7-10-24(31)17-25)39(37,38)26-14-12-23(30)13-15-26/h6-17,21H,18-19H2,1-5H3,(H,32,36)/t21-/m0/s1. The lowest BCUT2D eigenvalue weighted by Crippen LogP contribution is -2.54. The Morgan fingerprint density at radius 1 is 0.923 bits per heavy atom. The van der Waals surface area contributed by atoms with Gasteiger partial charge in [-0.05, 0) is 82.6 Å². The number of hydrogen-bond acceptors (Lipinski definition) is 4. The lowest BCUT2D eigenvalue weighted by molar-refractivity contribution is -0.140. The Morgan fingerprint density at radius 2 is 1.56 bits per heavy atom. The van der Waals surface area contributed by atoms with E-state index in [9.17, 15) is 18.0 Å². The molecule has 0 radical (unpaired) electrons. The van der Waals surface area contributed by atoms with Crippen LogP contribution >= 0.6 is 23.2 Å². The van der Waals surface area contributed by atoms with Crippen molar-refractivity contribution in [3.63, 3.8) is 0 Å². The molecule has 1 atom stereocenters. The zero-order chi connectivity index (χ0) is 29.0. The molecule has 208 valence electrons. The van der Waals surface area contributed by atoms with Crippen LogP contribution in [0.3, 0.4) is 0 Å². The number of nitrogens with one attached hydrogen (secondary N) is 1. The monoisotopic (exact) mass is 589 g/mol. The fraction of sp³-hybridized carbons (Fsp3) is 0.310. The predicted molar refractivity (Wildman–Crippen MR) is 157 cm³/mol. The first-order chi connectivity index (χ1) is 18.2. The van der Waals surface area contributed by atoms with E-state index < -0.39 is 34.1 Å². The molecule has 0 bridgehead atoms. The summed E-state index contributed by atoms with van der Waals surface area (Å²) in [5, 5.41) is 3.60. The Hall–Kier alpha value is -3.07. The molecule has 1 N–H and O–H groups in total. The third kappa shape index (κ3) is 8.21. The van der Waals surface area contributed by atoms with Crippen molar-refractivity contribution in [3.05, 3.63) is 94.0 Å². The van der Waals surface area contributed by atoms with Gasteiger partial charge in [-0.3, -0.25) is 13.9 Å². The lowest BCUT2D eigenvalue weighted by Gasteiger charge is -2.33. The van der Waals surface area contributed by atoms with Crippen molar-refractivity contribution < 1.29 is 18.0 Å². The Kier molecular flexibility index (Phi) is 9.69. The maximum absolute atomic E-state index is 13.9. The maximum Gasteiger partial charge on any atom is 0.264 e. The molecule has 0 saturated heterocycles. The molecule has 7 nitrogen and oxygen atoms in total. The molecule has 3 aromatic rings. The Morgan fingerprint density at radius 3 is 2.15 bits per heavy atom. The van der Waals surface area contributed by atoms with Gasteiger partial charge in [-0.1, -0.05) is 59.1 Å². The number of hydrogen-bond donors (Lipinski definition) is 1. The van der Waals surface area contributed by atoms with E-state index in [0.29, 0.717) is 10.0 Å². The molecule has 0 aliphatic rings. The first-order valence-electron chi connectivity index (χ1n) is 12.4. The summed E-state index contributed by atoms with van der Waals surface area (Å²) in [6.07, 6.45) is 0. The average Bonchev–Trinajstić information content (AvgIpc) is 2.84. The fourth-order valence-electron chi connectivity index (χ4n) is 3.96. The van der Waals surface area contributed by atoms with Gasteiger partial charge in [0.2, 0.25) is 11.8 Å². The number of carbonyl (C=O) groups is 2. The largest absolute Gasteiger partial charge is 0.350 e. The molecule has 0 fully saturated rings. The smallest absolute Gasteiger partial charge is 0.264 e. The highest BCUT2D eigenvalue weighted by molar-refractivity contribution is 7.92. The Balaban J connectivity index is 2.04. The van der Waals surface area contributed by atoms with Crippen LogP contribution in [0.4, 0.5) is 5.69 Å². The molecule has 0 spiro atoms. The quantitative estimate of drug-likeness (QED) is 0.340. The average molecular weight is 591 g/mol. The third-order valence-electron chi connectivity index (χ3n) is 5.88. The highest BCUT2D eigenvalue weighted by atomic mass is 35.5. The minimum atomic E-state index is -4.20. The van der Waals surface area contributed by atoms with Crippen LogP contribution in [0.2, 0.25) is 10.0 Å². The van der Waals surface area contributed by atoms with E-state index in [4.69, 9.17) is 23.2 Å². The van der Waals surface area contributed by atoms with Crippen molar-refractivity contribution in [2.45, 2.75) is 57.6 Å². The maximum atomic E-state index is 13.9. The van der Waals surface area contributed by atoms with Crippen molar-refractivity contribution in [1.82, 2.24) is 10.2 Å². The lowest BCUT2D eigenvalue weighted by atomic mass is 10.1. The van der Waals surface area contributed by atoms with E-state index in [0.717, 1.165) is 15.4 Å². The molecule has 3 rings (SSSR count). The molecule has 0 aliphatic carbocycles. The van der Waals surface area contributed by atoms with Gasteiger partial charge in [0.05, 0.1) is 10.6 Å². The van der Waals surface area contributed by atoms with Gasteiger partial charge in [-0.25, -0.2) is 8.42 Å². The van der Waals surface area contributed by atoms with Gasteiger partial charge in [0, 0.05) is 22.1 Å². The number of sulfonamides is 1. The summed E-state index contributed by atoms with van der Waals surface area (Å²) in [5.74, 6) is -0.899. The van der Waals surface area contributed by atoms with Crippen molar-refractivity contribution in [2.75, 3.05) is 10.8 Å². The molecule has 2 amide bonds. The fourth-order valence-corrected chi connectivity index (χ4v) is 5.67. The number of amides is 2. The van der Waals surface area contributed by atoms with Crippen molar-refractivity contribution >= 4 is 50.7 Å². The summed E-state index contributed by atoms with van der Waals surface area (Å²) in [7, 11) is -4.20. The van der Waals surface area contributed by atoms with Gasteiger partial charge in [-0.2, -0.15) is 0 Å². The van der Waals surface area contributed by atoms with Gasteiger partial charge >= 0.3 is 0 Å². The molecule has 0 saturated carbocycles. The van der Waals surface area contributed by atoms with E-state index in [2.05, 4.69) is 5.32 Å². The van der Waals surface area contributed by atoms with Gasteiger partial charge in [0.15, 0.2) is 0 Å². The molecule has 0 heterocycles. The van der Waals surface area contributed by atoms with E-state index >= 15 is 0 Å². The SMILES string of the molecule is Cc1cccc(CN(C(=O)CN(c2cccc(Cl)c2)S(=O)(=O)c2ccc(Cl)cc2)[C@@H](C)C(=O)NC(C)(C)C)c1. The minimum Gasteiger partial charge on any atom is -0.350 e. The van der Waals surface area contributed by atoms with E-state index in [1.807, 2.05) is 52.0 Å². The van der Waals surface area contributed by atoms with Gasteiger partial charge < -0.3 is 10.2 Å². The zero-order valence-electron chi connectivity index (χ0n) is 22.6. The molecule has 10 heteroatoms. The van der Waals surface area contributed by atoms with Crippen LogP contribution < -0.4 is 9.62 Å². The summed E-state index contributed by atoms with van der Waals surface area (Å²) in [5.41, 5.74) is 1.51. The minimum absolute atomic E-state index is 0.0385. The Bertz CT molecular complexity index is 1440. The summed E-state index contributed by atoms with van der Waals surface area (Å²) in [6, 6.07) is 18.7. The number of halogens is 2. The zero-order valence-corrected chi connectivity index (χ0v) is 24.9.